The number of aromatic nitrogens is 3. The molecule has 0 aliphatic rings. The molecule has 0 aliphatic heterocycles. The first-order chi connectivity index (χ1) is 14.7. The Kier molecular flexibility index (Phi) is 7.06. The van der Waals surface area contributed by atoms with Crippen molar-refractivity contribution in [2.75, 3.05) is 6.54 Å². The molecular weight excluding hydrogens is 414 g/mol. The summed E-state index contributed by atoms with van der Waals surface area (Å²) in [6.45, 7) is 5.67. The van der Waals surface area contributed by atoms with Crippen molar-refractivity contribution in [3.8, 4) is 11.3 Å². The van der Waals surface area contributed by atoms with Crippen molar-refractivity contribution in [2.45, 2.75) is 38.8 Å². The highest BCUT2D eigenvalue weighted by molar-refractivity contribution is 7.12. The van der Waals surface area contributed by atoms with Crippen LogP contribution in [0.25, 0.3) is 11.3 Å². The molecule has 9 heteroatoms. The van der Waals surface area contributed by atoms with E-state index in [0.717, 1.165) is 16.8 Å². The van der Waals surface area contributed by atoms with E-state index in [0.29, 0.717) is 11.3 Å². The minimum Gasteiger partial charge on any atom is -0.444 e. The lowest BCUT2D eigenvalue weighted by atomic mass is 10.1. The number of alkyl carbamates (subject to hydrolysis) is 1. The lowest BCUT2D eigenvalue weighted by Gasteiger charge is -2.22. The highest BCUT2D eigenvalue weighted by Crippen LogP contribution is 2.24. The largest absolute Gasteiger partial charge is 0.444 e. The number of nitrogens with one attached hydrogen (secondary N) is 2. The molecule has 0 saturated heterocycles. The van der Waals surface area contributed by atoms with Gasteiger partial charge in [-0.2, -0.15) is 0 Å². The highest BCUT2D eigenvalue weighted by Gasteiger charge is 2.20. The second-order valence-corrected chi connectivity index (χ2v) is 9.10. The summed E-state index contributed by atoms with van der Waals surface area (Å²) >= 11 is 1.35. The monoisotopic (exact) mass is 441 g/mol. The Labute approximate surface area is 185 Å². The van der Waals surface area contributed by atoms with Crippen LogP contribution < -0.4 is 10.6 Å². The van der Waals surface area contributed by atoms with Crippen molar-refractivity contribution >= 4 is 23.3 Å². The average molecular weight is 442 g/mol. The zero-order chi connectivity index (χ0) is 22.4. The maximum Gasteiger partial charge on any atom is 0.407 e. The molecule has 164 valence electrons. The van der Waals surface area contributed by atoms with Crippen molar-refractivity contribution in [3.63, 3.8) is 0 Å². The van der Waals surface area contributed by atoms with Crippen LogP contribution >= 0.6 is 11.3 Å². The standard InChI is InChI=1S/C22H27N5O3S/c1-22(2,3)30-21(29)23-12-17(10-15-8-6-5-7-9-15)25-20(28)19-11-16(14-31-19)18-13-24-26-27(18)4/h5-9,11,13-14,17H,10,12H2,1-4H3,(H,23,29)(H,25,28)/t17-/m0/s1. The summed E-state index contributed by atoms with van der Waals surface area (Å²) in [6, 6.07) is 11.3. The summed E-state index contributed by atoms with van der Waals surface area (Å²) in [5.74, 6) is -0.196. The van der Waals surface area contributed by atoms with E-state index < -0.39 is 11.7 Å². The van der Waals surface area contributed by atoms with Gasteiger partial charge < -0.3 is 15.4 Å². The van der Waals surface area contributed by atoms with Gasteiger partial charge in [0.15, 0.2) is 0 Å². The van der Waals surface area contributed by atoms with E-state index in [1.54, 1.807) is 17.9 Å². The molecule has 0 aliphatic carbocycles. The Hall–Kier alpha value is -3.20. The van der Waals surface area contributed by atoms with Crippen LogP contribution in [0, 0.1) is 0 Å². The third kappa shape index (κ3) is 6.65. The molecule has 2 amide bonds. The second kappa shape index (κ2) is 9.74. The van der Waals surface area contributed by atoms with E-state index in [1.165, 1.54) is 11.3 Å². The molecule has 2 heterocycles. The predicted molar refractivity (Wildman–Crippen MR) is 120 cm³/mol. The van der Waals surface area contributed by atoms with Gasteiger partial charge in [0.1, 0.15) is 5.60 Å². The van der Waals surface area contributed by atoms with E-state index in [1.807, 2.05) is 62.5 Å². The van der Waals surface area contributed by atoms with Gasteiger partial charge in [0.2, 0.25) is 0 Å². The number of carbonyl (C=O) groups excluding carboxylic acids is 2. The Morgan fingerprint density at radius 1 is 1.23 bits per heavy atom. The average Bonchev–Trinajstić information content (AvgIpc) is 3.34. The quantitative estimate of drug-likeness (QED) is 0.586. The number of ether oxygens (including phenoxy) is 1. The number of benzene rings is 1. The van der Waals surface area contributed by atoms with Crippen LogP contribution in [0.4, 0.5) is 4.79 Å². The number of aryl methyl sites for hydroxylation is 1. The summed E-state index contributed by atoms with van der Waals surface area (Å²) in [7, 11) is 1.80. The fourth-order valence-electron chi connectivity index (χ4n) is 2.99. The molecule has 0 spiro atoms. The topological polar surface area (TPSA) is 98.1 Å². The molecule has 0 radical (unpaired) electrons. The fraction of sp³-hybridized carbons (Fsp3) is 0.364. The molecule has 1 aromatic carbocycles. The summed E-state index contributed by atoms with van der Waals surface area (Å²) in [5.41, 5.74) is 2.19. The molecule has 2 aromatic heterocycles. The van der Waals surface area contributed by atoms with Gasteiger partial charge in [0, 0.05) is 24.5 Å². The van der Waals surface area contributed by atoms with Gasteiger partial charge in [-0.15, -0.1) is 16.4 Å². The van der Waals surface area contributed by atoms with E-state index in [9.17, 15) is 9.59 Å². The Morgan fingerprint density at radius 2 is 1.97 bits per heavy atom. The zero-order valence-electron chi connectivity index (χ0n) is 18.1. The molecule has 1 atom stereocenters. The lowest BCUT2D eigenvalue weighted by Crippen LogP contribution is -2.45. The number of hydrogen-bond acceptors (Lipinski definition) is 6. The van der Waals surface area contributed by atoms with Gasteiger partial charge in [-0.05, 0) is 38.8 Å². The normalized spacial score (nSPS) is 12.3. The van der Waals surface area contributed by atoms with Crippen LogP contribution in [0.5, 0.6) is 0 Å². The number of amides is 2. The van der Waals surface area contributed by atoms with E-state index in [-0.39, 0.29) is 18.5 Å². The van der Waals surface area contributed by atoms with Crippen LogP contribution in [0.15, 0.2) is 48.0 Å². The van der Waals surface area contributed by atoms with E-state index >= 15 is 0 Å². The van der Waals surface area contributed by atoms with Crippen molar-refractivity contribution in [3.05, 3.63) is 58.4 Å². The van der Waals surface area contributed by atoms with Crippen molar-refractivity contribution in [2.24, 2.45) is 7.05 Å². The van der Waals surface area contributed by atoms with Gasteiger partial charge in [-0.25, -0.2) is 9.48 Å². The predicted octanol–water partition coefficient (Wildman–Crippen LogP) is 3.41. The van der Waals surface area contributed by atoms with Gasteiger partial charge in [-0.3, -0.25) is 4.79 Å². The molecular formula is C22H27N5O3S. The summed E-state index contributed by atoms with van der Waals surface area (Å²) in [5, 5.41) is 15.5. The number of thiophene rings is 1. The molecule has 8 nitrogen and oxygen atoms in total. The van der Waals surface area contributed by atoms with Crippen molar-refractivity contribution in [1.82, 2.24) is 25.6 Å². The number of carbonyl (C=O) groups is 2. The van der Waals surface area contributed by atoms with E-state index in [4.69, 9.17) is 4.74 Å². The number of hydrogen-bond donors (Lipinski definition) is 2. The molecule has 2 N–H and O–H groups in total. The second-order valence-electron chi connectivity index (χ2n) is 8.19. The molecule has 0 bridgehead atoms. The Balaban J connectivity index is 1.68. The number of nitrogens with zero attached hydrogens (tertiary/aromatic N) is 3. The van der Waals surface area contributed by atoms with Gasteiger partial charge >= 0.3 is 6.09 Å². The van der Waals surface area contributed by atoms with Crippen LogP contribution in [0.2, 0.25) is 0 Å². The first-order valence-corrected chi connectivity index (χ1v) is 10.8. The van der Waals surface area contributed by atoms with Gasteiger partial charge in [-0.1, -0.05) is 35.5 Å². The SMILES string of the molecule is Cn1nncc1-c1csc(C(=O)N[C@H](CNC(=O)OC(C)(C)C)Cc2ccccc2)c1. The zero-order valence-corrected chi connectivity index (χ0v) is 18.9. The molecule has 3 aromatic rings. The third-order valence-electron chi connectivity index (χ3n) is 4.39. The molecule has 3 rings (SSSR count). The highest BCUT2D eigenvalue weighted by atomic mass is 32.1. The smallest absolute Gasteiger partial charge is 0.407 e. The lowest BCUT2D eigenvalue weighted by molar-refractivity contribution is 0.0520. The minimum absolute atomic E-state index is 0.196. The van der Waals surface area contributed by atoms with Gasteiger partial charge in [0.25, 0.3) is 5.91 Å². The van der Waals surface area contributed by atoms with E-state index in [2.05, 4.69) is 20.9 Å². The fourth-order valence-corrected chi connectivity index (χ4v) is 3.79. The summed E-state index contributed by atoms with van der Waals surface area (Å²) < 4.78 is 6.97. The molecule has 0 fully saturated rings. The third-order valence-corrected chi connectivity index (χ3v) is 5.31. The minimum atomic E-state index is -0.587. The maximum absolute atomic E-state index is 12.9. The Bertz CT molecular complexity index is 1020. The van der Waals surface area contributed by atoms with Crippen molar-refractivity contribution in [1.29, 1.82) is 0 Å². The first kappa shape index (κ1) is 22.5. The van der Waals surface area contributed by atoms with Crippen LogP contribution in [0.1, 0.15) is 36.0 Å². The van der Waals surface area contributed by atoms with Crippen LogP contribution in [-0.4, -0.2) is 45.2 Å². The van der Waals surface area contributed by atoms with Crippen LogP contribution in [-0.2, 0) is 18.2 Å². The first-order valence-electron chi connectivity index (χ1n) is 9.96. The maximum atomic E-state index is 12.9. The molecule has 31 heavy (non-hydrogen) atoms. The Morgan fingerprint density at radius 3 is 2.61 bits per heavy atom. The summed E-state index contributed by atoms with van der Waals surface area (Å²) in [6.07, 6.45) is 1.72. The van der Waals surface area contributed by atoms with Crippen LogP contribution in [0.3, 0.4) is 0 Å². The van der Waals surface area contributed by atoms with Crippen molar-refractivity contribution < 1.29 is 14.3 Å². The number of rotatable bonds is 7. The molecule has 0 saturated carbocycles. The summed E-state index contributed by atoms with van der Waals surface area (Å²) in [4.78, 5) is 25.6. The molecule has 0 unspecified atom stereocenters. The van der Waals surface area contributed by atoms with Gasteiger partial charge in [0.05, 0.1) is 22.8 Å².